The summed E-state index contributed by atoms with van der Waals surface area (Å²) in [6.07, 6.45) is 0.879. The number of esters is 1. The van der Waals surface area contributed by atoms with E-state index in [-0.39, 0.29) is 11.5 Å². The number of nitrogens with one attached hydrogen (secondary N) is 1. The number of carbonyl (C=O) groups is 1. The molecule has 5 nitrogen and oxygen atoms in total. The summed E-state index contributed by atoms with van der Waals surface area (Å²) in [5.41, 5.74) is -0.519. The molecule has 0 amide bonds. The van der Waals surface area contributed by atoms with Gasteiger partial charge >= 0.3 is 5.97 Å². The summed E-state index contributed by atoms with van der Waals surface area (Å²) < 4.78 is 29.4. The molecule has 0 aromatic heterocycles. The number of ether oxygens (including phenoxy) is 1. The van der Waals surface area contributed by atoms with Crippen LogP contribution >= 0.6 is 15.9 Å². The normalized spacial score (nSPS) is 24.9. The van der Waals surface area contributed by atoms with Crippen LogP contribution < -0.4 is 5.32 Å². The van der Waals surface area contributed by atoms with Crippen LogP contribution in [0.3, 0.4) is 0 Å². The Morgan fingerprint density at radius 2 is 2.20 bits per heavy atom. The predicted octanol–water partition coefficient (Wildman–Crippen LogP) is 1.98. The molecule has 0 saturated carbocycles. The number of rotatable bonds is 3. The van der Waals surface area contributed by atoms with Gasteiger partial charge in [-0.3, -0.25) is 0 Å². The Morgan fingerprint density at radius 1 is 1.45 bits per heavy atom. The molecule has 1 aliphatic rings. The third kappa shape index (κ3) is 3.32. The van der Waals surface area contributed by atoms with Crippen LogP contribution in [0.1, 0.15) is 12.8 Å². The van der Waals surface area contributed by atoms with Crippen molar-refractivity contribution in [1.82, 2.24) is 0 Å². The Bertz CT molecular complexity index is 617. The van der Waals surface area contributed by atoms with Crippen LogP contribution in [0.25, 0.3) is 0 Å². The molecule has 2 rings (SSSR count). The van der Waals surface area contributed by atoms with Crippen molar-refractivity contribution in [2.75, 3.05) is 23.9 Å². The van der Waals surface area contributed by atoms with E-state index in [4.69, 9.17) is 4.74 Å². The molecule has 110 valence electrons. The second-order valence-corrected chi connectivity index (χ2v) is 8.00. The third-order valence-corrected chi connectivity index (χ3v) is 5.65. The van der Waals surface area contributed by atoms with Gasteiger partial charge in [-0.15, -0.1) is 0 Å². The lowest BCUT2D eigenvalue weighted by atomic mass is 9.95. The van der Waals surface area contributed by atoms with Gasteiger partial charge in [0, 0.05) is 10.2 Å². The van der Waals surface area contributed by atoms with Gasteiger partial charge in [0.2, 0.25) is 0 Å². The lowest BCUT2D eigenvalue weighted by molar-refractivity contribution is -0.145. The molecule has 1 aromatic rings. The van der Waals surface area contributed by atoms with Crippen LogP contribution in [0.4, 0.5) is 5.69 Å². The molecule has 7 heteroatoms. The number of anilines is 1. The van der Waals surface area contributed by atoms with E-state index in [1.165, 1.54) is 7.11 Å². The summed E-state index contributed by atoms with van der Waals surface area (Å²) in [5, 5.41) is 3.06. The SMILES string of the molecule is COC(=O)C1(Nc2cccc(Br)c2)CCCS(=O)(=O)C1. The first kappa shape index (κ1) is 15.3. The number of benzene rings is 1. The summed E-state index contributed by atoms with van der Waals surface area (Å²) in [4.78, 5) is 12.1. The first-order valence-corrected chi connectivity index (χ1v) is 8.81. The lowest BCUT2D eigenvalue weighted by Gasteiger charge is -2.35. The number of methoxy groups -OCH3 is 1. The highest BCUT2D eigenvalue weighted by molar-refractivity contribution is 9.10. The second kappa shape index (κ2) is 5.73. The van der Waals surface area contributed by atoms with Crippen molar-refractivity contribution in [3.8, 4) is 0 Å². The molecule has 1 aliphatic heterocycles. The minimum atomic E-state index is -3.25. The summed E-state index contributed by atoms with van der Waals surface area (Å²) in [6, 6.07) is 7.25. The molecule has 1 saturated heterocycles. The van der Waals surface area contributed by atoms with Gasteiger partial charge in [0.25, 0.3) is 0 Å². The van der Waals surface area contributed by atoms with Crippen LogP contribution in [-0.2, 0) is 19.4 Å². The molecule has 1 N–H and O–H groups in total. The second-order valence-electron chi connectivity index (χ2n) is 4.90. The van der Waals surface area contributed by atoms with Crippen molar-refractivity contribution in [3.63, 3.8) is 0 Å². The van der Waals surface area contributed by atoms with Crippen LogP contribution in [0.2, 0.25) is 0 Å². The maximum atomic E-state index is 12.1. The fourth-order valence-corrected chi connectivity index (χ4v) is 4.68. The molecule has 1 unspecified atom stereocenters. The monoisotopic (exact) mass is 361 g/mol. The van der Waals surface area contributed by atoms with E-state index in [2.05, 4.69) is 21.2 Å². The zero-order valence-electron chi connectivity index (χ0n) is 11.1. The van der Waals surface area contributed by atoms with Crippen LogP contribution in [0.15, 0.2) is 28.7 Å². The van der Waals surface area contributed by atoms with Crippen molar-refractivity contribution in [3.05, 3.63) is 28.7 Å². The van der Waals surface area contributed by atoms with Crippen LogP contribution in [0, 0.1) is 0 Å². The van der Waals surface area contributed by atoms with E-state index in [9.17, 15) is 13.2 Å². The van der Waals surface area contributed by atoms with E-state index in [1.807, 2.05) is 12.1 Å². The molecule has 0 bridgehead atoms. The molecule has 0 aliphatic carbocycles. The Balaban J connectivity index is 2.35. The molecular formula is C13H16BrNO4S. The first-order chi connectivity index (χ1) is 9.37. The first-order valence-electron chi connectivity index (χ1n) is 6.19. The van der Waals surface area contributed by atoms with Gasteiger partial charge in [0.05, 0.1) is 18.6 Å². The number of hydrogen-bond acceptors (Lipinski definition) is 5. The molecular weight excluding hydrogens is 346 g/mol. The van der Waals surface area contributed by atoms with Gasteiger partial charge in [-0.25, -0.2) is 13.2 Å². The number of carbonyl (C=O) groups excluding carboxylic acids is 1. The zero-order valence-corrected chi connectivity index (χ0v) is 13.5. The summed E-state index contributed by atoms with van der Waals surface area (Å²) >= 11 is 3.35. The van der Waals surface area contributed by atoms with Crippen molar-refractivity contribution in [2.45, 2.75) is 18.4 Å². The summed E-state index contributed by atoms with van der Waals surface area (Å²) in [5.74, 6) is -0.661. The summed E-state index contributed by atoms with van der Waals surface area (Å²) in [7, 11) is -1.98. The Kier molecular flexibility index (Phi) is 4.39. The largest absolute Gasteiger partial charge is 0.467 e. The van der Waals surface area contributed by atoms with E-state index in [1.54, 1.807) is 12.1 Å². The molecule has 0 radical (unpaired) electrons. The number of hydrogen-bond donors (Lipinski definition) is 1. The predicted molar refractivity (Wildman–Crippen MR) is 80.4 cm³/mol. The van der Waals surface area contributed by atoms with Crippen LogP contribution in [-0.4, -0.2) is 38.5 Å². The average molecular weight is 362 g/mol. The lowest BCUT2D eigenvalue weighted by Crippen LogP contribution is -2.55. The molecule has 1 fully saturated rings. The third-order valence-electron chi connectivity index (χ3n) is 3.31. The van der Waals surface area contributed by atoms with E-state index in [0.717, 1.165) is 4.47 Å². The Labute approximate surface area is 126 Å². The van der Waals surface area contributed by atoms with Crippen molar-refractivity contribution in [1.29, 1.82) is 0 Å². The van der Waals surface area contributed by atoms with Gasteiger partial charge in [0.1, 0.15) is 5.54 Å². The van der Waals surface area contributed by atoms with E-state index >= 15 is 0 Å². The molecule has 1 atom stereocenters. The van der Waals surface area contributed by atoms with Gasteiger partial charge < -0.3 is 10.1 Å². The fourth-order valence-electron chi connectivity index (χ4n) is 2.46. The minimum absolute atomic E-state index is 0.117. The van der Waals surface area contributed by atoms with Gasteiger partial charge in [-0.2, -0.15) is 0 Å². The average Bonchev–Trinajstić information content (AvgIpc) is 2.36. The van der Waals surface area contributed by atoms with Gasteiger partial charge in [0.15, 0.2) is 9.84 Å². The smallest absolute Gasteiger partial charge is 0.332 e. The molecule has 0 spiro atoms. The number of halogens is 1. The molecule has 20 heavy (non-hydrogen) atoms. The zero-order chi connectivity index (χ0) is 14.8. The van der Waals surface area contributed by atoms with Crippen molar-refractivity contribution in [2.24, 2.45) is 0 Å². The highest BCUT2D eigenvalue weighted by Crippen LogP contribution is 2.29. The van der Waals surface area contributed by atoms with Crippen molar-refractivity contribution < 1.29 is 17.9 Å². The van der Waals surface area contributed by atoms with Gasteiger partial charge in [-0.1, -0.05) is 22.0 Å². The Hall–Kier alpha value is -1.08. The summed E-state index contributed by atoms with van der Waals surface area (Å²) in [6.45, 7) is 0. The van der Waals surface area contributed by atoms with E-state index < -0.39 is 21.3 Å². The fraction of sp³-hybridized carbons (Fsp3) is 0.462. The maximum absolute atomic E-state index is 12.1. The topological polar surface area (TPSA) is 72.5 Å². The van der Waals surface area contributed by atoms with E-state index in [0.29, 0.717) is 18.5 Å². The standard InChI is InChI=1S/C13H16BrNO4S/c1-19-12(16)13(6-3-7-20(17,18)9-13)15-11-5-2-4-10(14)8-11/h2,4-5,8,15H,3,6-7,9H2,1H3. The quantitative estimate of drug-likeness (QED) is 0.833. The highest BCUT2D eigenvalue weighted by Gasteiger charge is 2.46. The number of sulfone groups is 1. The molecule has 1 aromatic carbocycles. The maximum Gasteiger partial charge on any atom is 0.332 e. The highest BCUT2D eigenvalue weighted by atomic mass is 79.9. The van der Waals surface area contributed by atoms with Crippen molar-refractivity contribution >= 4 is 37.4 Å². The molecule has 1 heterocycles. The van der Waals surface area contributed by atoms with Gasteiger partial charge in [-0.05, 0) is 31.0 Å². The van der Waals surface area contributed by atoms with Crippen LogP contribution in [0.5, 0.6) is 0 Å². The minimum Gasteiger partial charge on any atom is -0.467 e. The Morgan fingerprint density at radius 3 is 2.80 bits per heavy atom.